The highest BCUT2D eigenvalue weighted by molar-refractivity contribution is 6.13. The second kappa shape index (κ2) is 11.0. The molecule has 3 atom stereocenters. The monoisotopic (exact) mass is 503 g/mol. The van der Waals surface area contributed by atoms with E-state index in [-0.39, 0.29) is 19.0 Å². The van der Waals surface area contributed by atoms with Gasteiger partial charge in [-0.3, -0.25) is 9.59 Å². The van der Waals surface area contributed by atoms with Crippen LogP contribution in [0.2, 0.25) is 0 Å². The van der Waals surface area contributed by atoms with Crippen LogP contribution < -0.4 is 10.1 Å². The van der Waals surface area contributed by atoms with Crippen LogP contribution in [-0.2, 0) is 23.9 Å². The zero-order valence-corrected chi connectivity index (χ0v) is 21.9. The smallest absolute Gasteiger partial charge is 0.336 e. The molecule has 2 aromatic carbocycles. The fraction of sp³-hybridized carbons (Fsp3) is 0.367. The van der Waals surface area contributed by atoms with Gasteiger partial charge in [-0.1, -0.05) is 36.4 Å². The highest BCUT2D eigenvalue weighted by Crippen LogP contribution is 2.49. The summed E-state index contributed by atoms with van der Waals surface area (Å²) in [4.78, 5) is 40.8. The Morgan fingerprint density at radius 1 is 1.00 bits per heavy atom. The third-order valence-electron chi connectivity index (χ3n) is 7.08. The van der Waals surface area contributed by atoms with Crippen molar-refractivity contribution >= 4 is 17.7 Å². The number of hydrogen-bond acceptors (Lipinski definition) is 7. The largest absolute Gasteiger partial charge is 0.497 e. The van der Waals surface area contributed by atoms with E-state index in [0.29, 0.717) is 34.7 Å². The minimum atomic E-state index is -1.05. The predicted molar refractivity (Wildman–Crippen MR) is 139 cm³/mol. The second-order valence-electron chi connectivity index (χ2n) is 9.25. The highest BCUT2D eigenvalue weighted by Gasteiger charge is 2.49. The van der Waals surface area contributed by atoms with Gasteiger partial charge in [0.2, 0.25) is 0 Å². The molecule has 0 saturated heterocycles. The van der Waals surface area contributed by atoms with E-state index in [9.17, 15) is 14.4 Å². The average molecular weight is 504 g/mol. The number of nitrogens with one attached hydrogen (secondary N) is 1. The Morgan fingerprint density at radius 2 is 1.73 bits per heavy atom. The standard InChI is InChI=1S/C30H33NO6/c1-6-36-29(33)24-18(4)31-23-16-22(19-12-10-13-20(15-19)35-5)26(30(34)37-7-2)28(32)27(23)25(24)21-14-9-8-11-17(21)3/h8-15,22,25-26,31H,6-7,16H2,1-5H3/t22-,25-,26+/m0/s1. The van der Waals surface area contributed by atoms with Crippen LogP contribution in [-0.4, -0.2) is 38.0 Å². The van der Waals surface area contributed by atoms with Crippen molar-refractivity contribution in [2.75, 3.05) is 20.3 Å². The summed E-state index contributed by atoms with van der Waals surface area (Å²) in [6.45, 7) is 7.61. The number of dihydropyridines is 1. The Morgan fingerprint density at radius 3 is 2.41 bits per heavy atom. The Balaban J connectivity index is 1.91. The van der Waals surface area contributed by atoms with Crippen LogP contribution in [0.5, 0.6) is 5.75 Å². The van der Waals surface area contributed by atoms with Crippen molar-refractivity contribution < 1.29 is 28.6 Å². The van der Waals surface area contributed by atoms with Crippen molar-refractivity contribution in [3.8, 4) is 5.75 Å². The summed E-state index contributed by atoms with van der Waals surface area (Å²) in [6, 6.07) is 15.1. The Labute approximate surface area is 217 Å². The molecule has 7 nitrogen and oxygen atoms in total. The number of methoxy groups -OCH3 is 1. The van der Waals surface area contributed by atoms with Crippen LogP contribution in [0.15, 0.2) is 71.1 Å². The SMILES string of the molecule is CCOC(=O)C1=C(C)NC2=C(C(=O)[C@H](C(=O)OCC)[C@H](c3cccc(OC)c3)C2)[C@H]1c1ccccc1C. The maximum atomic E-state index is 14.3. The third-order valence-corrected chi connectivity index (χ3v) is 7.08. The number of aryl methyl sites for hydroxylation is 1. The average Bonchev–Trinajstić information content (AvgIpc) is 2.88. The minimum Gasteiger partial charge on any atom is -0.497 e. The van der Waals surface area contributed by atoms with Gasteiger partial charge in [-0.05, 0) is 62.9 Å². The summed E-state index contributed by atoms with van der Waals surface area (Å²) >= 11 is 0. The van der Waals surface area contributed by atoms with E-state index < -0.39 is 29.7 Å². The summed E-state index contributed by atoms with van der Waals surface area (Å²) in [6.07, 6.45) is 0.396. The molecule has 1 aliphatic carbocycles. The van der Waals surface area contributed by atoms with E-state index >= 15 is 0 Å². The van der Waals surface area contributed by atoms with Gasteiger partial charge in [-0.2, -0.15) is 0 Å². The van der Waals surface area contributed by atoms with Crippen LogP contribution in [0.4, 0.5) is 0 Å². The molecular weight excluding hydrogens is 470 g/mol. The molecule has 0 radical (unpaired) electrons. The lowest BCUT2D eigenvalue weighted by atomic mass is 9.66. The first-order valence-electron chi connectivity index (χ1n) is 12.6. The summed E-state index contributed by atoms with van der Waals surface area (Å²) in [5, 5.41) is 3.33. The van der Waals surface area contributed by atoms with Crippen LogP contribution >= 0.6 is 0 Å². The van der Waals surface area contributed by atoms with E-state index in [2.05, 4.69) is 5.32 Å². The number of Topliss-reactive ketones (excluding diaryl/α,β-unsaturated/α-hetero) is 1. The maximum Gasteiger partial charge on any atom is 0.336 e. The van der Waals surface area contributed by atoms with Crippen LogP contribution in [0.1, 0.15) is 55.7 Å². The van der Waals surface area contributed by atoms with E-state index in [1.54, 1.807) is 21.0 Å². The summed E-state index contributed by atoms with van der Waals surface area (Å²) < 4.78 is 16.2. The Kier molecular flexibility index (Phi) is 7.81. The number of rotatable bonds is 7. The number of carbonyl (C=O) groups excluding carboxylic acids is 3. The van der Waals surface area contributed by atoms with Crippen LogP contribution in [0, 0.1) is 12.8 Å². The van der Waals surface area contributed by atoms with E-state index in [1.807, 2.05) is 62.4 Å². The second-order valence-corrected chi connectivity index (χ2v) is 9.25. The molecular formula is C30H33NO6. The number of esters is 2. The maximum absolute atomic E-state index is 14.3. The number of ether oxygens (including phenoxy) is 3. The first kappa shape index (κ1) is 26.2. The normalized spacial score (nSPS) is 21.2. The lowest BCUT2D eigenvalue weighted by Crippen LogP contribution is -2.43. The summed E-state index contributed by atoms with van der Waals surface area (Å²) in [5.41, 5.74) is 4.71. The van der Waals surface area contributed by atoms with Gasteiger partial charge in [-0.15, -0.1) is 0 Å². The van der Waals surface area contributed by atoms with Gasteiger partial charge in [0.05, 0.1) is 25.9 Å². The minimum absolute atomic E-state index is 0.159. The first-order chi connectivity index (χ1) is 17.8. The van der Waals surface area contributed by atoms with Crippen molar-refractivity contribution in [3.05, 3.63) is 87.8 Å². The van der Waals surface area contributed by atoms with Gasteiger partial charge in [-0.25, -0.2) is 4.79 Å². The van der Waals surface area contributed by atoms with E-state index in [0.717, 1.165) is 16.7 Å². The fourth-order valence-electron chi connectivity index (χ4n) is 5.42. The lowest BCUT2D eigenvalue weighted by Gasteiger charge is -2.39. The molecule has 2 aromatic rings. The molecule has 194 valence electrons. The predicted octanol–water partition coefficient (Wildman–Crippen LogP) is 4.72. The molecule has 2 aliphatic rings. The molecule has 1 N–H and O–H groups in total. The molecule has 1 aliphatic heterocycles. The Bertz CT molecular complexity index is 1290. The van der Waals surface area contributed by atoms with Crippen molar-refractivity contribution in [3.63, 3.8) is 0 Å². The van der Waals surface area contributed by atoms with Gasteiger partial charge in [0, 0.05) is 28.8 Å². The summed E-state index contributed by atoms with van der Waals surface area (Å²) in [5.74, 6) is -2.93. The number of benzene rings is 2. The first-order valence-corrected chi connectivity index (χ1v) is 12.6. The molecule has 4 rings (SSSR count). The van der Waals surface area contributed by atoms with Crippen LogP contribution in [0.3, 0.4) is 0 Å². The van der Waals surface area contributed by atoms with E-state index in [4.69, 9.17) is 14.2 Å². The molecule has 0 amide bonds. The molecule has 0 spiro atoms. The number of carbonyl (C=O) groups is 3. The van der Waals surface area contributed by atoms with Crippen LogP contribution in [0.25, 0.3) is 0 Å². The molecule has 0 bridgehead atoms. The lowest BCUT2D eigenvalue weighted by molar-refractivity contribution is -0.152. The molecule has 0 aromatic heterocycles. The molecule has 1 heterocycles. The molecule has 0 fully saturated rings. The number of ketones is 1. The van der Waals surface area contributed by atoms with Gasteiger partial charge in [0.1, 0.15) is 11.7 Å². The zero-order chi connectivity index (χ0) is 26.7. The molecule has 7 heteroatoms. The van der Waals surface area contributed by atoms with E-state index in [1.165, 1.54) is 0 Å². The molecule has 37 heavy (non-hydrogen) atoms. The van der Waals surface area contributed by atoms with Gasteiger partial charge < -0.3 is 19.5 Å². The number of hydrogen-bond donors (Lipinski definition) is 1. The molecule has 0 unspecified atom stereocenters. The van der Waals surface area contributed by atoms with Crippen molar-refractivity contribution in [2.45, 2.75) is 46.0 Å². The topological polar surface area (TPSA) is 90.9 Å². The van der Waals surface area contributed by atoms with Crippen molar-refractivity contribution in [1.29, 1.82) is 0 Å². The van der Waals surface area contributed by atoms with Gasteiger partial charge in [0.15, 0.2) is 5.78 Å². The highest BCUT2D eigenvalue weighted by atomic mass is 16.5. The van der Waals surface area contributed by atoms with Crippen molar-refractivity contribution in [1.82, 2.24) is 5.32 Å². The van der Waals surface area contributed by atoms with Crippen molar-refractivity contribution in [2.24, 2.45) is 5.92 Å². The fourth-order valence-corrected chi connectivity index (χ4v) is 5.42. The summed E-state index contributed by atoms with van der Waals surface area (Å²) in [7, 11) is 1.58. The Hall–Kier alpha value is -3.87. The number of allylic oxidation sites excluding steroid dienone is 3. The zero-order valence-electron chi connectivity index (χ0n) is 21.9. The van der Waals surface area contributed by atoms with Gasteiger partial charge in [0.25, 0.3) is 0 Å². The molecule has 0 saturated carbocycles. The quantitative estimate of drug-likeness (QED) is 0.432. The third kappa shape index (κ3) is 4.90. The van der Waals surface area contributed by atoms with Gasteiger partial charge >= 0.3 is 11.9 Å².